The highest BCUT2D eigenvalue weighted by atomic mass is 16.5. The Hall–Kier alpha value is -0.980. The molecule has 0 N–H and O–H groups in total. The van der Waals surface area contributed by atoms with Crippen molar-refractivity contribution in [2.45, 2.75) is 38.2 Å². The van der Waals surface area contributed by atoms with E-state index in [2.05, 4.69) is 13.2 Å². The minimum Gasteiger partial charge on any atom is -0.491 e. The number of hydrogen-bond acceptors (Lipinski definition) is 1. The Bertz CT molecular complexity index is 197. The molecular formula is C12H18O. The van der Waals surface area contributed by atoms with E-state index < -0.39 is 0 Å². The van der Waals surface area contributed by atoms with Crippen LogP contribution in [0.1, 0.15) is 32.1 Å². The summed E-state index contributed by atoms with van der Waals surface area (Å²) in [5, 5.41) is 0. The van der Waals surface area contributed by atoms with Gasteiger partial charge in [0.25, 0.3) is 0 Å². The summed E-state index contributed by atoms with van der Waals surface area (Å²) in [5.41, 5.74) is 0. The molecule has 1 saturated carbocycles. The average Bonchev–Trinajstić information content (AvgIpc) is 2.16. The second-order valence-corrected chi connectivity index (χ2v) is 3.44. The Morgan fingerprint density at radius 2 is 1.92 bits per heavy atom. The fourth-order valence-electron chi connectivity index (χ4n) is 1.61. The molecule has 13 heavy (non-hydrogen) atoms. The highest BCUT2D eigenvalue weighted by molar-refractivity contribution is 5.12. The molecule has 1 nitrogen and oxygen atoms in total. The minimum atomic E-state index is 0.399. The van der Waals surface area contributed by atoms with E-state index in [1.807, 2.05) is 12.2 Å². The Morgan fingerprint density at radius 1 is 1.23 bits per heavy atom. The zero-order chi connectivity index (χ0) is 9.52. The summed E-state index contributed by atoms with van der Waals surface area (Å²) in [6.07, 6.45) is 12.2. The van der Waals surface area contributed by atoms with E-state index in [-0.39, 0.29) is 0 Å². The molecule has 0 heterocycles. The van der Waals surface area contributed by atoms with E-state index >= 15 is 0 Å². The second kappa shape index (κ2) is 5.63. The van der Waals surface area contributed by atoms with Crippen molar-refractivity contribution >= 4 is 0 Å². The molecule has 1 heteroatoms. The Kier molecular flexibility index (Phi) is 4.37. The van der Waals surface area contributed by atoms with Gasteiger partial charge < -0.3 is 4.74 Å². The third-order valence-corrected chi connectivity index (χ3v) is 2.29. The van der Waals surface area contributed by atoms with Gasteiger partial charge in [-0.15, -0.1) is 0 Å². The Labute approximate surface area is 80.8 Å². The van der Waals surface area contributed by atoms with Crippen LogP contribution in [0, 0.1) is 0 Å². The van der Waals surface area contributed by atoms with Gasteiger partial charge in [0, 0.05) is 0 Å². The van der Waals surface area contributed by atoms with Crippen LogP contribution in [0.25, 0.3) is 0 Å². The zero-order valence-electron chi connectivity index (χ0n) is 8.17. The van der Waals surface area contributed by atoms with Crippen LogP contribution < -0.4 is 0 Å². The maximum Gasteiger partial charge on any atom is 0.112 e. The summed E-state index contributed by atoms with van der Waals surface area (Å²) in [4.78, 5) is 0. The molecule has 0 aliphatic heterocycles. The summed E-state index contributed by atoms with van der Waals surface area (Å²) in [5.74, 6) is 0.756. The van der Waals surface area contributed by atoms with Crippen molar-refractivity contribution in [3.05, 3.63) is 37.1 Å². The van der Waals surface area contributed by atoms with Crippen LogP contribution in [-0.4, -0.2) is 6.10 Å². The first-order valence-corrected chi connectivity index (χ1v) is 4.97. The molecule has 0 amide bonds. The SMILES string of the molecule is C=C/C=C\C(=C)OC1CCCCC1. The molecule has 0 aromatic carbocycles. The summed E-state index contributed by atoms with van der Waals surface area (Å²) in [6, 6.07) is 0. The van der Waals surface area contributed by atoms with Gasteiger partial charge in [-0.3, -0.25) is 0 Å². The number of ether oxygens (including phenoxy) is 1. The lowest BCUT2D eigenvalue weighted by Crippen LogP contribution is -2.15. The van der Waals surface area contributed by atoms with Crippen molar-refractivity contribution < 1.29 is 4.74 Å². The largest absolute Gasteiger partial charge is 0.491 e. The van der Waals surface area contributed by atoms with Crippen molar-refractivity contribution in [2.24, 2.45) is 0 Å². The first-order valence-electron chi connectivity index (χ1n) is 4.97. The zero-order valence-corrected chi connectivity index (χ0v) is 8.17. The lowest BCUT2D eigenvalue weighted by Gasteiger charge is -2.22. The van der Waals surface area contributed by atoms with Gasteiger partial charge in [0.05, 0.1) is 6.10 Å². The summed E-state index contributed by atoms with van der Waals surface area (Å²) in [7, 11) is 0. The van der Waals surface area contributed by atoms with Gasteiger partial charge in [-0.25, -0.2) is 0 Å². The normalized spacial score (nSPS) is 18.8. The van der Waals surface area contributed by atoms with E-state index in [4.69, 9.17) is 4.74 Å². The lowest BCUT2D eigenvalue weighted by molar-refractivity contribution is 0.0909. The maximum absolute atomic E-state index is 5.66. The van der Waals surface area contributed by atoms with Gasteiger partial charge in [0.2, 0.25) is 0 Å². The third-order valence-electron chi connectivity index (χ3n) is 2.29. The fourth-order valence-corrected chi connectivity index (χ4v) is 1.61. The molecule has 1 aliphatic carbocycles. The van der Waals surface area contributed by atoms with Crippen molar-refractivity contribution in [3.8, 4) is 0 Å². The number of rotatable bonds is 4. The highest BCUT2D eigenvalue weighted by Crippen LogP contribution is 2.22. The third kappa shape index (κ3) is 3.97. The molecule has 1 aliphatic rings. The van der Waals surface area contributed by atoms with Crippen molar-refractivity contribution in [1.29, 1.82) is 0 Å². The predicted molar refractivity (Wildman–Crippen MR) is 56.4 cm³/mol. The van der Waals surface area contributed by atoms with Gasteiger partial charge in [0.1, 0.15) is 5.76 Å². The topological polar surface area (TPSA) is 9.23 Å². The van der Waals surface area contributed by atoms with Crippen LogP contribution in [0.5, 0.6) is 0 Å². The molecule has 72 valence electrons. The quantitative estimate of drug-likeness (QED) is 0.472. The molecule has 1 rings (SSSR count). The fraction of sp³-hybridized carbons (Fsp3) is 0.500. The Balaban J connectivity index is 2.25. The van der Waals surface area contributed by atoms with Crippen molar-refractivity contribution in [2.75, 3.05) is 0 Å². The molecule has 1 fully saturated rings. The van der Waals surface area contributed by atoms with Crippen LogP contribution >= 0.6 is 0 Å². The average molecular weight is 178 g/mol. The van der Waals surface area contributed by atoms with Gasteiger partial charge in [-0.05, 0) is 31.8 Å². The molecule has 0 aromatic heterocycles. The summed E-state index contributed by atoms with van der Waals surface area (Å²) in [6.45, 7) is 7.43. The molecule has 0 aromatic rings. The van der Waals surface area contributed by atoms with E-state index in [0.29, 0.717) is 6.10 Å². The summed E-state index contributed by atoms with van der Waals surface area (Å²) < 4.78 is 5.66. The minimum absolute atomic E-state index is 0.399. The molecule has 0 radical (unpaired) electrons. The lowest BCUT2D eigenvalue weighted by atomic mass is 9.98. The standard InChI is InChI=1S/C12H18O/c1-3-4-8-11(2)13-12-9-6-5-7-10-12/h3-4,8,12H,1-2,5-7,9-10H2/b8-4-. The number of hydrogen-bond donors (Lipinski definition) is 0. The molecule has 0 bridgehead atoms. The molecular weight excluding hydrogens is 160 g/mol. The number of allylic oxidation sites excluding steroid dienone is 3. The van der Waals surface area contributed by atoms with Gasteiger partial charge in [-0.2, -0.15) is 0 Å². The van der Waals surface area contributed by atoms with Crippen LogP contribution in [0.3, 0.4) is 0 Å². The first kappa shape index (κ1) is 10.1. The van der Waals surface area contributed by atoms with E-state index in [1.165, 1.54) is 32.1 Å². The van der Waals surface area contributed by atoms with Crippen LogP contribution in [0.4, 0.5) is 0 Å². The van der Waals surface area contributed by atoms with E-state index in [1.54, 1.807) is 6.08 Å². The van der Waals surface area contributed by atoms with Crippen molar-refractivity contribution in [3.63, 3.8) is 0 Å². The van der Waals surface area contributed by atoms with Crippen LogP contribution in [0.2, 0.25) is 0 Å². The van der Waals surface area contributed by atoms with Crippen molar-refractivity contribution in [1.82, 2.24) is 0 Å². The molecule has 0 spiro atoms. The van der Waals surface area contributed by atoms with Gasteiger partial charge in [-0.1, -0.05) is 31.7 Å². The van der Waals surface area contributed by atoms with Gasteiger partial charge in [0.15, 0.2) is 0 Å². The monoisotopic (exact) mass is 178 g/mol. The van der Waals surface area contributed by atoms with E-state index in [0.717, 1.165) is 5.76 Å². The maximum atomic E-state index is 5.66. The second-order valence-electron chi connectivity index (χ2n) is 3.44. The predicted octanol–water partition coefficient (Wildman–Crippen LogP) is 3.59. The van der Waals surface area contributed by atoms with Gasteiger partial charge >= 0.3 is 0 Å². The molecule has 0 unspecified atom stereocenters. The molecule has 0 saturated heterocycles. The van der Waals surface area contributed by atoms with Crippen LogP contribution in [-0.2, 0) is 4.74 Å². The molecule has 0 atom stereocenters. The summed E-state index contributed by atoms with van der Waals surface area (Å²) >= 11 is 0. The smallest absolute Gasteiger partial charge is 0.112 e. The van der Waals surface area contributed by atoms with E-state index in [9.17, 15) is 0 Å². The highest BCUT2D eigenvalue weighted by Gasteiger charge is 2.13. The van der Waals surface area contributed by atoms with Crippen LogP contribution in [0.15, 0.2) is 37.1 Å². The first-order chi connectivity index (χ1) is 6.33. The Morgan fingerprint density at radius 3 is 2.54 bits per heavy atom.